The average Bonchev–Trinajstić information content (AvgIpc) is 3.00. The maximum Gasteiger partial charge on any atom is 0.262 e. The predicted octanol–water partition coefficient (Wildman–Crippen LogP) is 4.42. The van der Waals surface area contributed by atoms with Gasteiger partial charge in [0.2, 0.25) is 0 Å². The zero-order valence-electron chi connectivity index (χ0n) is 15.3. The number of nitrogens with zero attached hydrogens (tertiary/aromatic N) is 2. The normalized spacial score (nSPS) is 15.6. The standard InChI is InChI=1S/C22H21N3O2/c1-3-15-6-4-7-16(14-15)24-21-20-19(8-5-13-23-20)22(26)25(21)17-9-11-18(27-2)12-10-17/h4-14,21,24H,3H2,1-2H3/t21-/m1/s1. The molecule has 4 rings (SSSR count). The zero-order chi connectivity index (χ0) is 18.8. The van der Waals surface area contributed by atoms with E-state index >= 15 is 0 Å². The van der Waals surface area contributed by atoms with E-state index < -0.39 is 0 Å². The van der Waals surface area contributed by atoms with Crippen LogP contribution in [-0.4, -0.2) is 18.0 Å². The van der Waals surface area contributed by atoms with Crippen LogP contribution in [-0.2, 0) is 6.42 Å². The van der Waals surface area contributed by atoms with Crippen LogP contribution in [0, 0.1) is 0 Å². The van der Waals surface area contributed by atoms with E-state index in [1.807, 2.05) is 42.5 Å². The number of benzene rings is 2. The number of hydrogen-bond acceptors (Lipinski definition) is 4. The minimum Gasteiger partial charge on any atom is -0.497 e. The van der Waals surface area contributed by atoms with Crippen LogP contribution in [0.2, 0.25) is 0 Å². The Hall–Kier alpha value is -3.34. The quantitative estimate of drug-likeness (QED) is 0.732. The highest BCUT2D eigenvalue weighted by Crippen LogP contribution is 2.37. The lowest BCUT2D eigenvalue weighted by Crippen LogP contribution is -2.32. The number of anilines is 2. The topological polar surface area (TPSA) is 54.5 Å². The first-order valence-electron chi connectivity index (χ1n) is 8.99. The molecule has 27 heavy (non-hydrogen) atoms. The predicted molar refractivity (Wildman–Crippen MR) is 106 cm³/mol. The lowest BCUT2D eigenvalue weighted by molar-refractivity contribution is 0.0993. The highest BCUT2D eigenvalue weighted by molar-refractivity contribution is 6.11. The van der Waals surface area contributed by atoms with E-state index in [-0.39, 0.29) is 12.1 Å². The van der Waals surface area contributed by atoms with E-state index in [1.165, 1.54) is 5.56 Å². The zero-order valence-corrected chi connectivity index (χ0v) is 15.3. The number of aromatic nitrogens is 1. The summed E-state index contributed by atoms with van der Waals surface area (Å²) in [6.07, 6.45) is 2.31. The number of pyridine rings is 1. The third kappa shape index (κ3) is 3.12. The number of nitrogens with one attached hydrogen (secondary N) is 1. The van der Waals surface area contributed by atoms with E-state index in [4.69, 9.17) is 4.74 Å². The largest absolute Gasteiger partial charge is 0.497 e. The van der Waals surface area contributed by atoms with Gasteiger partial charge in [0.25, 0.3) is 5.91 Å². The van der Waals surface area contributed by atoms with E-state index in [2.05, 4.69) is 29.4 Å². The molecule has 1 aromatic heterocycles. The van der Waals surface area contributed by atoms with Crippen LogP contribution in [0.4, 0.5) is 11.4 Å². The molecular formula is C22H21N3O2. The van der Waals surface area contributed by atoms with Crippen molar-refractivity contribution >= 4 is 17.3 Å². The van der Waals surface area contributed by atoms with Gasteiger partial charge in [0.1, 0.15) is 5.75 Å². The molecular weight excluding hydrogens is 338 g/mol. The van der Waals surface area contributed by atoms with Gasteiger partial charge in [-0.25, -0.2) is 0 Å². The molecule has 0 radical (unpaired) electrons. The Balaban J connectivity index is 1.74. The minimum atomic E-state index is -0.366. The van der Waals surface area contributed by atoms with Crippen molar-refractivity contribution in [2.75, 3.05) is 17.3 Å². The molecule has 136 valence electrons. The Labute approximate surface area is 158 Å². The van der Waals surface area contributed by atoms with Crippen molar-refractivity contribution in [3.63, 3.8) is 0 Å². The molecule has 5 nitrogen and oxygen atoms in total. The summed E-state index contributed by atoms with van der Waals surface area (Å²) in [4.78, 5) is 19.3. The van der Waals surface area contributed by atoms with Gasteiger partial charge in [0.15, 0.2) is 6.17 Å². The van der Waals surface area contributed by atoms with Gasteiger partial charge in [-0.15, -0.1) is 0 Å². The van der Waals surface area contributed by atoms with Crippen molar-refractivity contribution in [1.82, 2.24) is 4.98 Å². The van der Waals surface area contributed by atoms with E-state index in [9.17, 15) is 4.79 Å². The molecule has 2 aromatic carbocycles. The Morgan fingerprint density at radius 3 is 2.67 bits per heavy atom. The van der Waals surface area contributed by atoms with E-state index in [0.717, 1.165) is 29.2 Å². The lowest BCUT2D eigenvalue weighted by atomic mass is 10.1. The fraction of sp³-hybridized carbons (Fsp3) is 0.182. The molecule has 1 aliphatic rings. The molecule has 0 fully saturated rings. The van der Waals surface area contributed by atoms with Gasteiger partial charge in [-0.05, 0) is 60.5 Å². The number of hydrogen-bond donors (Lipinski definition) is 1. The summed E-state index contributed by atoms with van der Waals surface area (Å²) in [6.45, 7) is 2.12. The molecule has 0 aliphatic carbocycles. The summed E-state index contributed by atoms with van der Waals surface area (Å²) in [5.41, 5.74) is 4.35. The number of ether oxygens (including phenoxy) is 1. The molecule has 0 saturated carbocycles. The fourth-order valence-corrected chi connectivity index (χ4v) is 3.37. The lowest BCUT2D eigenvalue weighted by Gasteiger charge is -2.27. The van der Waals surface area contributed by atoms with E-state index in [0.29, 0.717) is 5.56 Å². The summed E-state index contributed by atoms with van der Waals surface area (Å²) in [6, 6.07) is 19.3. The Bertz CT molecular complexity index is 969. The van der Waals surface area contributed by atoms with Crippen molar-refractivity contribution in [2.45, 2.75) is 19.5 Å². The maximum absolute atomic E-state index is 13.1. The van der Waals surface area contributed by atoms with Crippen LogP contribution >= 0.6 is 0 Å². The summed E-state index contributed by atoms with van der Waals surface area (Å²) >= 11 is 0. The number of rotatable bonds is 5. The van der Waals surface area contributed by atoms with Crippen LogP contribution in [0.3, 0.4) is 0 Å². The van der Waals surface area contributed by atoms with Crippen LogP contribution < -0.4 is 15.0 Å². The molecule has 1 aliphatic heterocycles. The maximum atomic E-state index is 13.1. The monoisotopic (exact) mass is 359 g/mol. The highest BCUT2D eigenvalue weighted by Gasteiger charge is 2.39. The second-order valence-corrected chi connectivity index (χ2v) is 6.41. The smallest absolute Gasteiger partial charge is 0.262 e. The first-order valence-corrected chi connectivity index (χ1v) is 8.99. The van der Waals surface area contributed by atoms with Crippen LogP contribution in [0.25, 0.3) is 0 Å². The van der Waals surface area contributed by atoms with Crippen LogP contribution in [0.5, 0.6) is 5.75 Å². The Kier molecular flexibility index (Phi) is 4.50. The third-order valence-corrected chi connectivity index (χ3v) is 4.79. The summed E-state index contributed by atoms with van der Waals surface area (Å²) in [7, 11) is 1.63. The van der Waals surface area contributed by atoms with Crippen molar-refractivity contribution < 1.29 is 9.53 Å². The first-order chi connectivity index (χ1) is 13.2. The SMILES string of the molecule is CCc1cccc(N[C@H]2c3ncccc3C(=O)N2c2ccc(OC)cc2)c1. The molecule has 2 heterocycles. The van der Waals surface area contributed by atoms with Gasteiger partial charge in [0, 0.05) is 17.6 Å². The van der Waals surface area contributed by atoms with Gasteiger partial charge < -0.3 is 10.1 Å². The molecule has 1 amide bonds. The number of fused-ring (bicyclic) bond motifs is 1. The van der Waals surface area contributed by atoms with Crippen LogP contribution in [0.1, 0.15) is 34.7 Å². The van der Waals surface area contributed by atoms with Crippen molar-refractivity contribution in [1.29, 1.82) is 0 Å². The van der Waals surface area contributed by atoms with Crippen molar-refractivity contribution in [2.24, 2.45) is 0 Å². The van der Waals surface area contributed by atoms with Gasteiger partial charge in [0.05, 0.1) is 18.4 Å². The molecule has 1 atom stereocenters. The van der Waals surface area contributed by atoms with Crippen LogP contribution in [0.15, 0.2) is 66.9 Å². The second kappa shape index (κ2) is 7.11. The first kappa shape index (κ1) is 17.1. The van der Waals surface area contributed by atoms with Gasteiger partial charge in [-0.1, -0.05) is 19.1 Å². The molecule has 0 spiro atoms. The minimum absolute atomic E-state index is 0.0626. The number of carbonyl (C=O) groups is 1. The summed E-state index contributed by atoms with van der Waals surface area (Å²) in [5.74, 6) is 0.689. The van der Waals surface area contributed by atoms with Gasteiger partial charge in [-0.2, -0.15) is 0 Å². The molecule has 1 N–H and O–H groups in total. The number of aryl methyl sites for hydroxylation is 1. The Morgan fingerprint density at radius 1 is 1.11 bits per heavy atom. The molecule has 0 unspecified atom stereocenters. The van der Waals surface area contributed by atoms with E-state index in [1.54, 1.807) is 24.3 Å². The van der Waals surface area contributed by atoms with Gasteiger partial charge in [-0.3, -0.25) is 14.7 Å². The second-order valence-electron chi connectivity index (χ2n) is 6.41. The molecule has 0 saturated heterocycles. The van der Waals surface area contributed by atoms with Gasteiger partial charge >= 0.3 is 0 Å². The average molecular weight is 359 g/mol. The summed E-state index contributed by atoms with van der Waals surface area (Å²) < 4.78 is 5.24. The highest BCUT2D eigenvalue weighted by atomic mass is 16.5. The number of methoxy groups -OCH3 is 1. The summed E-state index contributed by atoms with van der Waals surface area (Å²) in [5, 5.41) is 3.49. The molecule has 0 bridgehead atoms. The fourth-order valence-electron chi connectivity index (χ4n) is 3.37. The van der Waals surface area contributed by atoms with Crippen molar-refractivity contribution in [3.8, 4) is 5.75 Å². The molecule has 3 aromatic rings. The third-order valence-electron chi connectivity index (χ3n) is 4.79. The molecule has 5 heteroatoms. The Morgan fingerprint density at radius 2 is 1.93 bits per heavy atom. The number of amides is 1. The number of carbonyl (C=O) groups excluding carboxylic acids is 1. The van der Waals surface area contributed by atoms with Crippen molar-refractivity contribution in [3.05, 3.63) is 83.7 Å².